The largest absolute Gasteiger partial charge is 0.467 e. The highest BCUT2D eigenvalue weighted by Gasteiger charge is 2.37. The van der Waals surface area contributed by atoms with Crippen molar-refractivity contribution in [3.05, 3.63) is 12.7 Å². The fourth-order valence-electron chi connectivity index (χ4n) is 1.12. The first kappa shape index (κ1) is 9.57. The normalized spacial score (nSPS) is 21.2. The van der Waals surface area contributed by atoms with E-state index in [1.807, 2.05) is 0 Å². The molecule has 1 heterocycles. The fraction of sp³-hybridized carbons (Fsp3) is 0.500. The monoisotopic (exact) mass is 185 g/mol. The molecule has 1 aliphatic rings. The molecule has 1 amide bonds. The third-order valence-electron chi connectivity index (χ3n) is 1.77. The number of carbonyl (C=O) groups is 2. The summed E-state index contributed by atoms with van der Waals surface area (Å²) in [6.45, 7) is 3.82. The summed E-state index contributed by atoms with van der Waals surface area (Å²) in [5, 5.41) is 0. The second kappa shape index (κ2) is 3.93. The third-order valence-corrected chi connectivity index (χ3v) is 1.77. The number of ether oxygens (including phenoxy) is 2. The van der Waals surface area contributed by atoms with E-state index in [2.05, 4.69) is 11.3 Å². The summed E-state index contributed by atoms with van der Waals surface area (Å²) in [5.74, 6) is -0.465. The van der Waals surface area contributed by atoms with E-state index in [9.17, 15) is 9.59 Å². The Labute approximate surface area is 75.9 Å². The molecule has 1 fully saturated rings. The Morgan fingerprint density at radius 2 is 2.62 bits per heavy atom. The van der Waals surface area contributed by atoms with Gasteiger partial charge in [0.2, 0.25) is 0 Å². The second-order valence-corrected chi connectivity index (χ2v) is 2.56. The lowest BCUT2D eigenvalue weighted by Crippen LogP contribution is -2.40. The van der Waals surface area contributed by atoms with E-state index in [0.717, 1.165) is 0 Å². The van der Waals surface area contributed by atoms with Crippen LogP contribution in [0.25, 0.3) is 0 Å². The van der Waals surface area contributed by atoms with E-state index in [1.54, 1.807) is 0 Å². The van der Waals surface area contributed by atoms with Crippen molar-refractivity contribution < 1.29 is 19.1 Å². The molecular weight excluding hydrogens is 174 g/mol. The summed E-state index contributed by atoms with van der Waals surface area (Å²) in [6.07, 6.45) is 1.03. The van der Waals surface area contributed by atoms with Gasteiger partial charge in [0.1, 0.15) is 6.61 Å². The number of hydrogen-bond donors (Lipinski definition) is 0. The molecule has 1 rings (SSSR count). The highest BCUT2D eigenvalue weighted by Crippen LogP contribution is 2.12. The Bertz CT molecular complexity index is 238. The molecule has 0 unspecified atom stereocenters. The van der Waals surface area contributed by atoms with Crippen LogP contribution in [0.1, 0.15) is 0 Å². The van der Waals surface area contributed by atoms with Gasteiger partial charge in [-0.25, -0.2) is 9.59 Å². The van der Waals surface area contributed by atoms with Gasteiger partial charge in [-0.15, -0.1) is 6.58 Å². The first-order valence-electron chi connectivity index (χ1n) is 3.82. The minimum absolute atomic E-state index is 0.0549. The van der Waals surface area contributed by atoms with Gasteiger partial charge in [0.25, 0.3) is 0 Å². The minimum atomic E-state index is -0.629. The molecule has 0 aromatic heterocycles. The van der Waals surface area contributed by atoms with Gasteiger partial charge in [-0.1, -0.05) is 6.08 Å². The molecule has 5 heteroatoms. The average Bonchev–Trinajstić information content (AvgIpc) is 2.48. The van der Waals surface area contributed by atoms with Crippen LogP contribution in [-0.4, -0.2) is 43.3 Å². The molecule has 1 atom stereocenters. The summed E-state index contributed by atoms with van der Waals surface area (Å²) in [5.41, 5.74) is 0. The lowest BCUT2D eigenvalue weighted by molar-refractivity contribution is -0.145. The number of hydrogen-bond acceptors (Lipinski definition) is 4. The van der Waals surface area contributed by atoms with Crippen LogP contribution in [0, 0.1) is 0 Å². The van der Waals surface area contributed by atoms with Gasteiger partial charge >= 0.3 is 12.1 Å². The van der Waals surface area contributed by atoms with Gasteiger partial charge in [0.15, 0.2) is 6.04 Å². The van der Waals surface area contributed by atoms with Gasteiger partial charge in [-0.2, -0.15) is 0 Å². The molecule has 0 radical (unpaired) electrons. The van der Waals surface area contributed by atoms with Crippen LogP contribution < -0.4 is 0 Å². The molecule has 0 spiro atoms. The van der Waals surface area contributed by atoms with E-state index in [-0.39, 0.29) is 6.61 Å². The quantitative estimate of drug-likeness (QED) is 0.464. The number of cyclic esters (lactones) is 1. The van der Waals surface area contributed by atoms with E-state index in [4.69, 9.17) is 4.74 Å². The first-order valence-corrected chi connectivity index (χ1v) is 3.82. The smallest absolute Gasteiger partial charge is 0.411 e. The number of nitrogens with zero attached hydrogens (tertiary/aromatic N) is 1. The van der Waals surface area contributed by atoms with E-state index in [1.165, 1.54) is 18.1 Å². The highest BCUT2D eigenvalue weighted by atomic mass is 16.6. The third kappa shape index (κ3) is 1.80. The number of methoxy groups -OCH3 is 1. The molecular formula is C8H11NO4. The van der Waals surface area contributed by atoms with E-state index >= 15 is 0 Å². The number of esters is 1. The van der Waals surface area contributed by atoms with Gasteiger partial charge in [0, 0.05) is 6.54 Å². The molecule has 5 nitrogen and oxygen atoms in total. The lowest BCUT2D eigenvalue weighted by Gasteiger charge is -2.16. The molecule has 0 N–H and O–H groups in total. The van der Waals surface area contributed by atoms with Crippen LogP contribution in [-0.2, 0) is 14.3 Å². The van der Waals surface area contributed by atoms with Crippen molar-refractivity contribution in [2.45, 2.75) is 6.04 Å². The van der Waals surface area contributed by atoms with Gasteiger partial charge in [-0.05, 0) is 0 Å². The van der Waals surface area contributed by atoms with Crippen molar-refractivity contribution in [2.75, 3.05) is 20.3 Å². The lowest BCUT2D eigenvalue weighted by atomic mass is 10.3. The Balaban J connectivity index is 2.68. The summed E-state index contributed by atoms with van der Waals surface area (Å²) in [4.78, 5) is 23.4. The molecule has 0 aromatic carbocycles. The molecule has 1 saturated heterocycles. The van der Waals surface area contributed by atoms with Crippen LogP contribution in [0.5, 0.6) is 0 Å². The predicted molar refractivity (Wildman–Crippen MR) is 44.1 cm³/mol. The van der Waals surface area contributed by atoms with Crippen molar-refractivity contribution in [3.8, 4) is 0 Å². The average molecular weight is 185 g/mol. The zero-order valence-corrected chi connectivity index (χ0v) is 7.36. The first-order chi connectivity index (χ1) is 6.20. The Morgan fingerprint density at radius 1 is 1.92 bits per heavy atom. The highest BCUT2D eigenvalue weighted by molar-refractivity contribution is 5.84. The Kier molecular flexibility index (Phi) is 2.89. The molecule has 0 bridgehead atoms. The molecule has 0 aromatic rings. The SMILES string of the molecule is C=CCN1C(=O)OC[C@H]1C(=O)OC. The summed E-state index contributed by atoms with van der Waals surface area (Å²) in [6, 6.07) is -0.629. The van der Waals surface area contributed by atoms with Gasteiger partial charge < -0.3 is 9.47 Å². The van der Waals surface area contributed by atoms with Crippen molar-refractivity contribution in [2.24, 2.45) is 0 Å². The van der Waals surface area contributed by atoms with Crippen molar-refractivity contribution in [1.29, 1.82) is 0 Å². The van der Waals surface area contributed by atoms with Crippen LogP contribution in [0.4, 0.5) is 4.79 Å². The predicted octanol–water partition coefficient (Wildman–Crippen LogP) is 0.166. The van der Waals surface area contributed by atoms with Gasteiger partial charge in [0.05, 0.1) is 7.11 Å². The molecule has 72 valence electrons. The number of amides is 1. The van der Waals surface area contributed by atoms with Gasteiger partial charge in [-0.3, -0.25) is 4.90 Å². The topological polar surface area (TPSA) is 55.8 Å². The Hall–Kier alpha value is -1.52. The summed E-state index contributed by atoms with van der Waals surface area (Å²) < 4.78 is 9.20. The van der Waals surface area contributed by atoms with Crippen molar-refractivity contribution in [3.63, 3.8) is 0 Å². The van der Waals surface area contributed by atoms with E-state index < -0.39 is 18.1 Å². The fourth-order valence-corrected chi connectivity index (χ4v) is 1.12. The summed E-state index contributed by atoms with van der Waals surface area (Å²) >= 11 is 0. The number of rotatable bonds is 3. The maximum absolute atomic E-state index is 11.1. The van der Waals surface area contributed by atoms with Crippen LogP contribution in [0.15, 0.2) is 12.7 Å². The zero-order valence-electron chi connectivity index (χ0n) is 7.36. The minimum Gasteiger partial charge on any atom is -0.467 e. The van der Waals surface area contributed by atoms with Crippen LogP contribution in [0.2, 0.25) is 0 Å². The van der Waals surface area contributed by atoms with E-state index in [0.29, 0.717) is 6.54 Å². The Morgan fingerprint density at radius 3 is 3.15 bits per heavy atom. The van der Waals surface area contributed by atoms with Crippen molar-refractivity contribution in [1.82, 2.24) is 4.90 Å². The maximum Gasteiger partial charge on any atom is 0.411 e. The number of carbonyl (C=O) groups excluding carboxylic acids is 2. The van der Waals surface area contributed by atoms with Crippen molar-refractivity contribution >= 4 is 12.1 Å². The maximum atomic E-state index is 11.1. The molecule has 0 saturated carbocycles. The molecule has 13 heavy (non-hydrogen) atoms. The standard InChI is InChI=1S/C8H11NO4/c1-3-4-9-6(7(10)12-2)5-13-8(9)11/h3,6H,1,4-5H2,2H3/t6-/m0/s1. The van der Waals surface area contributed by atoms with Crippen LogP contribution in [0.3, 0.4) is 0 Å². The second-order valence-electron chi connectivity index (χ2n) is 2.56. The summed E-state index contributed by atoms with van der Waals surface area (Å²) in [7, 11) is 1.28. The molecule has 1 aliphatic heterocycles. The molecule has 0 aliphatic carbocycles. The zero-order chi connectivity index (χ0) is 9.84. The van der Waals surface area contributed by atoms with Crippen LogP contribution >= 0.6 is 0 Å².